The SMILES string of the molecule is C=C(C/C=C(\C)CCC=C(C)C)CCC(C)(C)/C=C/CC/C(C)=C\CO[C@H](COP(=O)(O)O[C@H]1O[C@H](C(N)=O)[C@@](C)(O)[C@H](OC(N)=O)[C@H]1O[C@@H]1O[C@H](C)[C@@H](O)[C@H](O)[C@H]1NC(C)=O)C(=O)O. The number of phosphoric ester groups is 1. The molecule has 0 spiro atoms. The van der Waals surface area contributed by atoms with Crippen LogP contribution in [0.25, 0.3) is 0 Å². The second kappa shape index (κ2) is 25.9. The number of hydrogen-bond donors (Lipinski definition) is 8. The van der Waals surface area contributed by atoms with Gasteiger partial charge in [0.15, 0.2) is 37.0 Å². The molecule has 0 bridgehead atoms. The Morgan fingerprint density at radius 2 is 1.58 bits per heavy atom. The van der Waals surface area contributed by atoms with Crippen LogP contribution in [0.5, 0.6) is 0 Å². The fourth-order valence-corrected chi connectivity index (χ4v) is 7.69. The summed E-state index contributed by atoms with van der Waals surface area (Å²) < 4.78 is 51.0. The zero-order chi connectivity index (χ0) is 49.4. The van der Waals surface area contributed by atoms with Gasteiger partial charge in [-0.15, -0.1) is 0 Å². The van der Waals surface area contributed by atoms with E-state index in [4.69, 9.17) is 44.2 Å². The third-order valence-corrected chi connectivity index (χ3v) is 11.8. The second-order valence-corrected chi connectivity index (χ2v) is 19.1. The molecule has 0 radical (unpaired) electrons. The van der Waals surface area contributed by atoms with Gasteiger partial charge in [0.25, 0.3) is 0 Å². The maximum atomic E-state index is 13.4. The van der Waals surface area contributed by atoms with Crippen molar-refractivity contribution in [2.45, 2.75) is 174 Å². The van der Waals surface area contributed by atoms with Crippen molar-refractivity contribution in [3.05, 3.63) is 59.3 Å². The number of aliphatic carboxylic acids is 1. The summed E-state index contributed by atoms with van der Waals surface area (Å²) in [5.74, 6) is -3.65. The van der Waals surface area contributed by atoms with E-state index in [1.165, 1.54) is 23.6 Å². The number of phosphoric acid groups is 1. The summed E-state index contributed by atoms with van der Waals surface area (Å²) in [5, 5.41) is 44.7. The van der Waals surface area contributed by atoms with Crippen LogP contribution in [0.3, 0.4) is 0 Å². The van der Waals surface area contributed by atoms with Gasteiger partial charge in [-0.1, -0.05) is 73.1 Å². The number of nitrogens with one attached hydrogen (secondary N) is 1. The number of aliphatic hydroxyl groups excluding tert-OH is 2. The standard InChI is InChI=1S/C44H72N3O17P/c1-25(2)14-13-16-26(3)17-18-28(5)19-22-43(8,9)21-12-11-15-27(4)20-23-58-31(39(52)53)24-59-65(56,57)64-41-35(36(63-42(46)54)44(10,55)37(62-41)38(45)51)61-40-32(47-30(7)48)34(50)33(49)29(6)60-40/h12,14,17,20-21,29,31-37,40-41,49-50,55H,5,11,13,15-16,18-19,22-24H2,1-4,6-10H3,(H2,45,51)(H2,46,54)(H,47,48)(H,52,53)(H,56,57)/b21-12+,26-17+,27-20-/t29-,31-,32-,33-,34-,35-,36-,37-,40+,41-,44+/m1/s1. The van der Waals surface area contributed by atoms with Gasteiger partial charge in [-0.3, -0.25) is 18.6 Å². The number of rotatable bonds is 26. The van der Waals surface area contributed by atoms with Crippen LogP contribution in [0.15, 0.2) is 59.3 Å². The van der Waals surface area contributed by atoms with Gasteiger partial charge >= 0.3 is 19.9 Å². The van der Waals surface area contributed by atoms with Crippen LogP contribution in [0.4, 0.5) is 4.79 Å². The van der Waals surface area contributed by atoms with Crippen LogP contribution in [-0.2, 0) is 51.7 Å². The van der Waals surface area contributed by atoms with Crippen molar-refractivity contribution in [1.29, 1.82) is 0 Å². The molecule has 20 nitrogen and oxygen atoms in total. The molecule has 1 unspecified atom stereocenters. The molecule has 2 aliphatic rings. The molecule has 12 atom stereocenters. The van der Waals surface area contributed by atoms with Crippen molar-refractivity contribution < 1.29 is 81.8 Å². The van der Waals surface area contributed by atoms with Crippen molar-refractivity contribution >= 4 is 31.7 Å². The van der Waals surface area contributed by atoms with Crippen LogP contribution in [0.2, 0.25) is 0 Å². The van der Waals surface area contributed by atoms with Gasteiger partial charge in [0.2, 0.25) is 11.8 Å². The van der Waals surface area contributed by atoms with Crippen LogP contribution < -0.4 is 16.8 Å². The Hall–Kier alpha value is -3.79. The summed E-state index contributed by atoms with van der Waals surface area (Å²) in [7, 11) is -5.47. The lowest BCUT2D eigenvalue weighted by molar-refractivity contribution is -0.349. The highest BCUT2D eigenvalue weighted by atomic mass is 31.2. The Balaban J connectivity index is 2.10. The molecule has 0 aromatic carbocycles. The molecule has 2 saturated heterocycles. The van der Waals surface area contributed by atoms with E-state index in [2.05, 4.69) is 70.8 Å². The zero-order valence-electron chi connectivity index (χ0n) is 39.0. The lowest BCUT2D eigenvalue weighted by atomic mass is 9.85. The number of primary amides is 2. The smallest absolute Gasteiger partial charge is 0.474 e. The van der Waals surface area contributed by atoms with E-state index in [9.17, 15) is 49.1 Å². The van der Waals surface area contributed by atoms with Gasteiger partial charge in [-0.2, -0.15) is 0 Å². The fraction of sp³-hybridized carbons (Fsp3) is 0.682. The second-order valence-electron chi connectivity index (χ2n) is 17.7. The number of carboxylic acid groups (broad SMARTS) is 1. The third-order valence-electron chi connectivity index (χ3n) is 10.8. The third kappa shape index (κ3) is 19.5. The van der Waals surface area contributed by atoms with E-state index < -0.39 is 105 Å². The molecule has 10 N–H and O–H groups in total. The molecule has 0 saturated carbocycles. The summed E-state index contributed by atoms with van der Waals surface area (Å²) in [6.07, 6.45) is -1.67. The van der Waals surface area contributed by atoms with Gasteiger partial charge < -0.3 is 65.8 Å². The van der Waals surface area contributed by atoms with E-state index in [-0.39, 0.29) is 12.0 Å². The van der Waals surface area contributed by atoms with Crippen LogP contribution in [0, 0.1) is 5.41 Å². The lowest BCUT2D eigenvalue weighted by Gasteiger charge is -2.50. The zero-order valence-corrected chi connectivity index (χ0v) is 39.9. The number of ether oxygens (including phenoxy) is 5. The summed E-state index contributed by atoms with van der Waals surface area (Å²) in [6.45, 7) is 18.9. The average Bonchev–Trinajstić information content (AvgIpc) is 3.18. The molecule has 21 heteroatoms. The summed E-state index contributed by atoms with van der Waals surface area (Å²) in [4.78, 5) is 59.4. The van der Waals surface area contributed by atoms with Gasteiger partial charge in [0.05, 0.1) is 19.3 Å². The molecule has 2 fully saturated rings. The average molecular weight is 946 g/mol. The first kappa shape index (κ1) is 57.3. The molecule has 2 aliphatic heterocycles. The van der Waals surface area contributed by atoms with Crippen molar-refractivity contribution in [3.8, 4) is 0 Å². The maximum Gasteiger partial charge on any atom is 0.474 e. The molecule has 2 heterocycles. The topological polar surface area (TPSA) is 315 Å². The normalized spacial score (nSPS) is 29.1. The Morgan fingerprint density at radius 1 is 0.954 bits per heavy atom. The van der Waals surface area contributed by atoms with Crippen molar-refractivity contribution in [1.82, 2.24) is 5.32 Å². The first-order valence-electron chi connectivity index (χ1n) is 21.4. The number of nitrogens with two attached hydrogens (primary N) is 2. The molecule has 0 aliphatic carbocycles. The quantitative estimate of drug-likeness (QED) is 0.0447. The maximum absolute atomic E-state index is 13.4. The highest BCUT2D eigenvalue weighted by Crippen LogP contribution is 2.48. The van der Waals surface area contributed by atoms with Crippen molar-refractivity contribution in [2.24, 2.45) is 16.9 Å². The number of carboxylic acids is 1. The molecule has 370 valence electrons. The predicted molar refractivity (Wildman–Crippen MR) is 237 cm³/mol. The van der Waals surface area contributed by atoms with Gasteiger partial charge in [0, 0.05) is 6.92 Å². The number of allylic oxidation sites excluding steroid dienone is 8. The van der Waals surface area contributed by atoms with Gasteiger partial charge in [0.1, 0.15) is 23.9 Å². The molecule has 65 heavy (non-hydrogen) atoms. The minimum atomic E-state index is -5.47. The minimum absolute atomic E-state index is 0.0527. The predicted octanol–water partition coefficient (Wildman–Crippen LogP) is 4.10. The van der Waals surface area contributed by atoms with Crippen LogP contribution >= 0.6 is 7.82 Å². The monoisotopic (exact) mass is 945 g/mol. The highest BCUT2D eigenvalue weighted by molar-refractivity contribution is 7.47. The molecule has 0 aromatic rings. The Labute approximate surface area is 381 Å². The number of aliphatic hydroxyl groups is 3. The van der Waals surface area contributed by atoms with E-state index in [0.717, 1.165) is 51.5 Å². The summed E-state index contributed by atoms with van der Waals surface area (Å²) in [5.41, 5.74) is 12.8. The molecular weight excluding hydrogens is 873 g/mol. The molecule has 3 amide bonds. The highest BCUT2D eigenvalue weighted by Gasteiger charge is 2.61. The number of hydrogen-bond acceptors (Lipinski definition) is 15. The lowest BCUT2D eigenvalue weighted by Crippen LogP contribution is -2.71. The Kier molecular flexibility index (Phi) is 22.9. The van der Waals surface area contributed by atoms with E-state index in [1.54, 1.807) is 6.08 Å². The Bertz CT molecular complexity index is 1810. The molecular formula is C44H72N3O17P. The number of amides is 3. The first-order valence-corrected chi connectivity index (χ1v) is 22.9. The summed E-state index contributed by atoms with van der Waals surface area (Å²) >= 11 is 0. The van der Waals surface area contributed by atoms with Gasteiger partial charge in [-0.05, 0) is 91.9 Å². The number of carbonyl (C=O) groups excluding carboxylic acids is 3. The van der Waals surface area contributed by atoms with Crippen molar-refractivity contribution in [2.75, 3.05) is 13.2 Å². The minimum Gasteiger partial charge on any atom is -0.479 e. The van der Waals surface area contributed by atoms with Crippen LogP contribution in [0.1, 0.15) is 107 Å². The van der Waals surface area contributed by atoms with E-state index >= 15 is 0 Å². The van der Waals surface area contributed by atoms with E-state index in [1.807, 2.05) is 6.92 Å². The number of carbonyl (C=O) groups is 4. The largest absolute Gasteiger partial charge is 0.479 e. The first-order chi connectivity index (χ1) is 30.1. The van der Waals surface area contributed by atoms with Crippen LogP contribution in [-0.4, -0.2) is 129 Å². The van der Waals surface area contributed by atoms with E-state index in [0.29, 0.717) is 12.8 Å². The van der Waals surface area contributed by atoms with Gasteiger partial charge in [-0.25, -0.2) is 14.2 Å². The molecule has 0 aromatic heterocycles. The molecule has 2 rings (SSSR count). The summed E-state index contributed by atoms with van der Waals surface area (Å²) in [6, 6.07) is -1.55. The van der Waals surface area contributed by atoms with Crippen molar-refractivity contribution in [3.63, 3.8) is 0 Å². The fourth-order valence-electron chi connectivity index (χ4n) is 6.88. The Morgan fingerprint density at radius 3 is 2.17 bits per heavy atom.